The number of amides is 2. The molecule has 0 fully saturated rings. The zero-order valence-corrected chi connectivity index (χ0v) is 10.2. The van der Waals surface area contributed by atoms with E-state index in [4.69, 9.17) is 10.00 Å². The van der Waals surface area contributed by atoms with Crippen LogP contribution in [-0.4, -0.2) is 31.6 Å². The van der Waals surface area contributed by atoms with Gasteiger partial charge in [0.2, 0.25) is 0 Å². The van der Waals surface area contributed by atoms with Gasteiger partial charge in [0, 0.05) is 13.6 Å². The number of ether oxygens (including phenoxy) is 1. The number of hydrogen-bond donors (Lipinski definition) is 1. The van der Waals surface area contributed by atoms with Gasteiger partial charge in [0.05, 0.1) is 12.7 Å². The van der Waals surface area contributed by atoms with Gasteiger partial charge >= 0.3 is 6.03 Å². The normalized spacial score (nSPS) is 9.29. The molecule has 0 aliphatic carbocycles. The first-order chi connectivity index (χ1) is 8.13. The number of hydrogen-bond acceptors (Lipinski definition) is 3. The van der Waals surface area contributed by atoms with Crippen molar-refractivity contribution >= 4 is 11.7 Å². The number of methoxy groups -OCH3 is 1. The minimum Gasteiger partial charge on any atom is -0.495 e. The number of urea groups is 1. The number of benzene rings is 1. The van der Waals surface area contributed by atoms with E-state index in [-0.39, 0.29) is 6.03 Å². The van der Waals surface area contributed by atoms with Gasteiger partial charge in [-0.05, 0) is 19.1 Å². The molecule has 1 N–H and O–H groups in total. The average Bonchev–Trinajstić information content (AvgIpc) is 2.37. The van der Waals surface area contributed by atoms with E-state index in [0.717, 1.165) is 0 Å². The Morgan fingerprint density at radius 2 is 2.29 bits per heavy atom. The quantitative estimate of drug-likeness (QED) is 0.868. The second-order valence-electron chi connectivity index (χ2n) is 3.44. The number of nitrogens with one attached hydrogen (secondary N) is 1. The van der Waals surface area contributed by atoms with Crippen LogP contribution in [0.15, 0.2) is 18.2 Å². The fourth-order valence-corrected chi connectivity index (χ4v) is 1.27. The predicted molar refractivity (Wildman–Crippen MR) is 65.0 cm³/mol. The van der Waals surface area contributed by atoms with Gasteiger partial charge in [0.25, 0.3) is 0 Å². The molecule has 5 heteroatoms. The van der Waals surface area contributed by atoms with E-state index in [9.17, 15) is 4.79 Å². The number of nitriles is 1. The molecule has 17 heavy (non-hydrogen) atoms. The third-order valence-electron chi connectivity index (χ3n) is 2.42. The third-order valence-corrected chi connectivity index (χ3v) is 2.42. The maximum Gasteiger partial charge on any atom is 0.321 e. The maximum absolute atomic E-state index is 11.7. The Labute approximate surface area is 101 Å². The lowest BCUT2D eigenvalue weighted by Crippen LogP contribution is -2.31. The van der Waals surface area contributed by atoms with Gasteiger partial charge in [0.15, 0.2) is 0 Å². The summed E-state index contributed by atoms with van der Waals surface area (Å²) in [5.41, 5.74) is 0.782. The summed E-state index contributed by atoms with van der Waals surface area (Å²) in [4.78, 5) is 13.2. The van der Waals surface area contributed by atoms with Gasteiger partial charge in [-0.3, -0.25) is 0 Å². The van der Waals surface area contributed by atoms with Crippen LogP contribution < -0.4 is 10.1 Å². The van der Waals surface area contributed by atoms with Gasteiger partial charge in [-0.2, -0.15) is 5.26 Å². The molecule has 0 bridgehead atoms. The molecule has 2 amide bonds. The van der Waals surface area contributed by atoms with E-state index in [1.807, 2.05) is 13.0 Å². The number of anilines is 1. The van der Waals surface area contributed by atoms with E-state index in [1.54, 1.807) is 25.2 Å². The monoisotopic (exact) mass is 233 g/mol. The molecular weight excluding hydrogens is 218 g/mol. The van der Waals surface area contributed by atoms with Gasteiger partial charge in [-0.1, -0.05) is 6.07 Å². The molecule has 1 rings (SSSR count). The first-order valence-electron chi connectivity index (χ1n) is 5.23. The van der Waals surface area contributed by atoms with Crippen molar-refractivity contribution in [2.75, 3.05) is 26.0 Å². The molecule has 1 aromatic carbocycles. The second kappa shape index (κ2) is 5.75. The van der Waals surface area contributed by atoms with E-state index in [0.29, 0.717) is 23.5 Å². The lowest BCUT2D eigenvalue weighted by atomic mass is 10.2. The molecule has 5 nitrogen and oxygen atoms in total. The largest absolute Gasteiger partial charge is 0.495 e. The highest BCUT2D eigenvalue weighted by Crippen LogP contribution is 2.27. The average molecular weight is 233 g/mol. The number of nitrogens with zero attached hydrogens (tertiary/aromatic N) is 2. The molecule has 0 aromatic heterocycles. The van der Waals surface area contributed by atoms with Crippen molar-refractivity contribution in [2.45, 2.75) is 6.92 Å². The minimum absolute atomic E-state index is 0.270. The van der Waals surface area contributed by atoms with E-state index in [2.05, 4.69) is 5.32 Å². The van der Waals surface area contributed by atoms with Crippen LogP contribution in [0, 0.1) is 11.3 Å². The Balaban J connectivity index is 3.04. The molecule has 0 spiro atoms. The first-order valence-corrected chi connectivity index (χ1v) is 5.23. The van der Waals surface area contributed by atoms with Crippen LogP contribution in [0.3, 0.4) is 0 Å². The van der Waals surface area contributed by atoms with Crippen LogP contribution in [-0.2, 0) is 0 Å². The van der Waals surface area contributed by atoms with Gasteiger partial charge < -0.3 is 15.0 Å². The molecule has 0 aliphatic heterocycles. The van der Waals surface area contributed by atoms with E-state index < -0.39 is 0 Å². The SMILES string of the molecule is CCN(C)C(=O)Nc1c(C#N)cccc1OC. The summed E-state index contributed by atoms with van der Waals surface area (Å²) in [7, 11) is 3.17. The molecule has 0 heterocycles. The highest BCUT2D eigenvalue weighted by molar-refractivity contribution is 5.92. The first kappa shape index (κ1) is 12.8. The Kier molecular flexibility index (Phi) is 4.35. The summed E-state index contributed by atoms with van der Waals surface area (Å²) in [5.74, 6) is 0.474. The molecule has 0 radical (unpaired) electrons. The zero-order valence-electron chi connectivity index (χ0n) is 10.2. The topological polar surface area (TPSA) is 65.4 Å². The lowest BCUT2D eigenvalue weighted by Gasteiger charge is -2.17. The van der Waals surface area contributed by atoms with Gasteiger partial charge in [-0.15, -0.1) is 0 Å². The lowest BCUT2D eigenvalue weighted by molar-refractivity contribution is 0.224. The minimum atomic E-state index is -0.270. The summed E-state index contributed by atoms with van der Waals surface area (Å²) in [6.45, 7) is 2.45. The maximum atomic E-state index is 11.7. The molecule has 0 unspecified atom stereocenters. The van der Waals surface area contributed by atoms with Crippen LogP contribution in [0.5, 0.6) is 5.75 Å². The van der Waals surface area contributed by atoms with Crippen molar-refractivity contribution in [3.05, 3.63) is 23.8 Å². The van der Waals surface area contributed by atoms with Crippen LogP contribution in [0.2, 0.25) is 0 Å². The van der Waals surface area contributed by atoms with Crippen LogP contribution in [0.1, 0.15) is 12.5 Å². The van der Waals surface area contributed by atoms with Crippen molar-refractivity contribution in [3.63, 3.8) is 0 Å². The van der Waals surface area contributed by atoms with Crippen LogP contribution in [0.4, 0.5) is 10.5 Å². The standard InChI is InChI=1S/C12H15N3O2/c1-4-15(2)12(16)14-11-9(8-13)6-5-7-10(11)17-3/h5-7H,4H2,1-3H3,(H,14,16). The summed E-state index contributed by atoms with van der Waals surface area (Å²) < 4.78 is 5.12. The summed E-state index contributed by atoms with van der Waals surface area (Å²) in [5, 5.41) is 11.6. The van der Waals surface area contributed by atoms with Gasteiger partial charge in [-0.25, -0.2) is 4.79 Å². The molecule has 0 aliphatic rings. The fraction of sp³-hybridized carbons (Fsp3) is 0.333. The Bertz CT molecular complexity index is 452. The zero-order chi connectivity index (χ0) is 12.8. The molecule has 0 saturated carbocycles. The second-order valence-corrected chi connectivity index (χ2v) is 3.44. The highest BCUT2D eigenvalue weighted by Gasteiger charge is 2.13. The Morgan fingerprint density at radius 3 is 2.82 bits per heavy atom. The Hall–Kier alpha value is -2.22. The molecular formula is C12H15N3O2. The molecule has 1 aromatic rings. The number of rotatable bonds is 3. The van der Waals surface area contributed by atoms with Crippen LogP contribution in [0.25, 0.3) is 0 Å². The molecule has 90 valence electrons. The fourth-order valence-electron chi connectivity index (χ4n) is 1.27. The highest BCUT2D eigenvalue weighted by atomic mass is 16.5. The van der Waals surface area contributed by atoms with Crippen molar-refractivity contribution in [1.82, 2.24) is 4.90 Å². The Morgan fingerprint density at radius 1 is 1.59 bits per heavy atom. The van der Waals surface area contributed by atoms with Crippen molar-refractivity contribution in [2.24, 2.45) is 0 Å². The predicted octanol–water partition coefficient (Wildman–Crippen LogP) is 2.05. The number of carbonyl (C=O) groups is 1. The smallest absolute Gasteiger partial charge is 0.321 e. The van der Waals surface area contributed by atoms with Crippen molar-refractivity contribution < 1.29 is 9.53 Å². The van der Waals surface area contributed by atoms with Crippen molar-refractivity contribution in [1.29, 1.82) is 5.26 Å². The molecule has 0 atom stereocenters. The van der Waals surface area contributed by atoms with Crippen molar-refractivity contribution in [3.8, 4) is 11.8 Å². The van der Waals surface area contributed by atoms with E-state index in [1.165, 1.54) is 12.0 Å². The summed E-state index contributed by atoms with van der Waals surface area (Å²) in [6.07, 6.45) is 0. The number of carbonyl (C=O) groups excluding carboxylic acids is 1. The summed E-state index contributed by atoms with van der Waals surface area (Å²) in [6, 6.07) is 6.78. The summed E-state index contributed by atoms with van der Waals surface area (Å²) >= 11 is 0. The van der Waals surface area contributed by atoms with E-state index >= 15 is 0 Å². The third kappa shape index (κ3) is 2.88. The molecule has 0 saturated heterocycles. The van der Waals surface area contributed by atoms with Crippen LogP contribution >= 0.6 is 0 Å². The van der Waals surface area contributed by atoms with Gasteiger partial charge in [0.1, 0.15) is 17.5 Å². The number of para-hydroxylation sites is 1.